The molecular formula is C12H12ClN3O5. The predicted molar refractivity (Wildman–Crippen MR) is 73.3 cm³/mol. The number of hydrogen-bond donors (Lipinski definition) is 4. The average molecular weight is 314 g/mol. The van der Waals surface area contributed by atoms with Crippen molar-refractivity contribution in [3.63, 3.8) is 0 Å². The van der Waals surface area contributed by atoms with E-state index in [-0.39, 0.29) is 12.2 Å². The number of carbonyl (C=O) groups is 3. The zero-order chi connectivity index (χ0) is 15.6. The molecule has 0 fully saturated rings. The van der Waals surface area contributed by atoms with Crippen LogP contribution in [0.1, 0.15) is 6.42 Å². The van der Waals surface area contributed by atoms with Gasteiger partial charge in [-0.2, -0.15) is 0 Å². The number of nitrogens with two attached hydrogens (primary N) is 1. The van der Waals surface area contributed by atoms with Gasteiger partial charge in [0.05, 0.1) is 10.7 Å². The smallest absolute Gasteiger partial charge is 0.405 e. The first-order chi connectivity index (χ1) is 9.88. The number of carbonyl (C=O) groups excluding carboxylic acids is 2. The number of halogens is 1. The number of ether oxygens (including phenoxy) is 1. The molecule has 0 saturated carbocycles. The molecule has 1 aliphatic rings. The highest BCUT2D eigenvalue weighted by molar-refractivity contribution is 6.32. The van der Waals surface area contributed by atoms with Crippen LogP contribution < -0.4 is 21.1 Å². The van der Waals surface area contributed by atoms with Crippen molar-refractivity contribution in [2.75, 3.05) is 5.32 Å². The normalized spacial score (nSPS) is 18.0. The van der Waals surface area contributed by atoms with E-state index in [4.69, 9.17) is 27.2 Å². The Kier molecular flexibility index (Phi) is 4.18. The molecule has 21 heavy (non-hydrogen) atoms. The van der Waals surface area contributed by atoms with Gasteiger partial charge >= 0.3 is 6.09 Å². The van der Waals surface area contributed by atoms with Crippen LogP contribution in [0.25, 0.3) is 0 Å². The van der Waals surface area contributed by atoms with Crippen molar-refractivity contribution in [2.45, 2.75) is 18.6 Å². The molecule has 1 aromatic carbocycles. The van der Waals surface area contributed by atoms with E-state index in [0.29, 0.717) is 10.7 Å². The molecule has 5 N–H and O–H groups in total. The zero-order valence-electron chi connectivity index (χ0n) is 10.6. The van der Waals surface area contributed by atoms with Gasteiger partial charge in [-0.3, -0.25) is 9.59 Å². The number of para-hydroxylation sites is 1. The van der Waals surface area contributed by atoms with Crippen LogP contribution in [0.5, 0.6) is 5.75 Å². The minimum Gasteiger partial charge on any atom is -0.477 e. The highest BCUT2D eigenvalue weighted by atomic mass is 35.5. The fourth-order valence-electron chi connectivity index (χ4n) is 1.90. The van der Waals surface area contributed by atoms with Crippen molar-refractivity contribution in [1.82, 2.24) is 5.32 Å². The first kappa shape index (κ1) is 14.9. The third-order valence-corrected chi connectivity index (χ3v) is 3.17. The fourth-order valence-corrected chi connectivity index (χ4v) is 2.12. The molecule has 0 unspecified atom stereocenters. The van der Waals surface area contributed by atoms with Crippen LogP contribution >= 0.6 is 11.6 Å². The van der Waals surface area contributed by atoms with Crippen molar-refractivity contribution in [3.05, 3.63) is 23.2 Å². The van der Waals surface area contributed by atoms with Crippen LogP contribution in [0.4, 0.5) is 10.5 Å². The molecule has 0 bridgehead atoms. The van der Waals surface area contributed by atoms with E-state index < -0.39 is 30.1 Å². The molecule has 112 valence electrons. The monoisotopic (exact) mass is 313 g/mol. The van der Waals surface area contributed by atoms with Gasteiger partial charge in [-0.15, -0.1) is 0 Å². The molecule has 2 rings (SSSR count). The molecule has 0 radical (unpaired) electrons. The minimum absolute atomic E-state index is 0.238. The highest BCUT2D eigenvalue weighted by Gasteiger charge is 2.33. The summed E-state index contributed by atoms with van der Waals surface area (Å²) in [6.07, 6.45) is -2.74. The summed E-state index contributed by atoms with van der Waals surface area (Å²) in [7, 11) is 0. The van der Waals surface area contributed by atoms with E-state index in [0.717, 1.165) is 0 Å². The Labute approximate surface area is 124 Å². The average Bonchev–Trinajstić information content (AvgIpc) is 2.39. The predicted octanol–water partition coefficient (Wildman–Crippen LogP) is 0.551. The first-order valence-electron chi connectivity index (χ1n) is 5.93. The summed E-state index contributed by atoms with van der Waals surface area (Å²) in [4.78, 5) is 33.7. The molecule has 1 aromatic rings. The van der Waals surface area contributed by atoms with E-state index in [1.165, 1.54) is 0 Å². The van der Waals surface area contributed by atoms with Gasteiger partial charge in [-0.1, -0.05) is 17.7 Å². The minimum atomic E-state index is -1.42. The molecule has 0 saturated heterocycles. The summed E-state index contributed by atoms with van der Waals surface area (Å²) >= 11 is 5.96. The molecule has 1 aliphatic heterocycles. The maximum absolute atomic E-state index is 11.9. The number of carboxylic acid groups (broad SMARTS) is 1. The third kappa shape index (κ3) is 3.34. The Morgan fingerprint density at radius 3 is 2.86 bits per heavy atom. The summed E-state index contributed by atoms with van der Waals surface area (Å²) in [5.74, 6) is -1.15. The number of nitrogens with one attached hydrogen (secondary N) is 2. The number of rotatable bonds is 4. The van der Waals surface area contributed by atoms with Crippen LogP contribution in [0.15, 0.2) is 18.2 Å². The van der Waals surface area contributed by atoms with Gasteiger partial charge in [0.25, 0.3) is 5.91 Å². The van der Waals surface area contributed by atoms with Crippen molar-refractivity contribution < 1.29 is 24.2 Å². The third-order valence-electron chi connectivity index (χ3n) is 2.87. The topological polar surface area (TPSA) is 131 Å². The van der Waals surface area contributed by atoms with Gasteiger partial charge < -0.3 is 26.2 Å². The number of fused-ring (bicyclic) bond motifs is 1. The van der Waals surface area contributed by atoms with Gasteiger partial charge in [0.1, 0.15) is 6.04 Å². The molecule has 9 heteroatoms. The number of hydrogen-bond acceptors (Lipinski definition) is 4. The lowest BCUT2D eigenvalue weighted by molar-refractivity contribution is -0.125. The van der Waals surface area contributed by atoms with Gasteiger partial charge in [0.15, 0.2) is 11.9 Å². The van der Waals surface area contributed by atoms with Gasteiger partial charge in [0.2, 0.25) is 5.91 Å². The lowest BCUT2D eigenvalue weighted by Gasteiger charge is -2.28. The van der Waals surface area contributed by atoms with Crippen LogP contribution in [-0.2, 0) is 9.59 Å². The second-order valence-electron chi connectivity index (χ2n) is 4.35. The molecule has 0 aliphatic carbocycles. The van der Waals surface area contributed by atoms with E-state index in [1.807, 2.05) is 5.32 Å². The standard InChI is InChI=1S/C12H12ClN3O5/c13-5-2-1-3-6-9(5)21-8(11(18)15-6)4-7(10(14)17)16-12(19)20/h1-3,7-8,16H,4H2,(H2,14,17)(H,15,18)(H,19,20)/t7-,8-/m0/s1. The first-order valence-corrected chi connectivity index (χ1v) is 6.31. The molecule has 3 amide bonds. The Hall–Kier alpha value is -2.48. The fraction of sp³-hybridized carbons (Fsp3) is 0.250. The maximum Gasteiger partial charge on any atom is 0.405 e. The molecule has 8 nitrogen and oxygen atoms in total. The van der Waals surface area contributed by atoms with Gasteiger partial charge in [-0.25, -0.2) is 4.79 Å². The van der Waals surface area contributed by atoms with Crippen LogP contribution in [0.3, 0.4) is 0 Å². The Balaban J connectivity index is 2.17. The number of benzene rings is 1. The molecule has 0 aromatic heterocycles. The summed E-state index contributed by atoms with van der Waals surface area (Å²) in [5, 5.41) is 13.4. The maximum atomic E-state index is 11.9. The molecule has 2 atom stereocenters. The van der Waals surface area contributed by atoms with Crippen LogP contribution in [0, 0.1) is 0 Å². The summed E-state index contributed by atoms with van der Waals surface area (Å²) in [6, 6.07) is 3.58. The van der Waals surface area contributed by atoms with Crippen LogP contribution in [-0.4, -0.2) is 35.2 Å². The molecule has 1 heterocycles. The molecule has 0 spiro atoms. The van der Waals surface area contributed by atoms with Gasteiger partial charge in [-0.05, 0) is 12.1 Å². The SMILES string of the molecule is NC(=O)[C@H](C[C@@H]1Oc2c(Cl)cccc2NC1=O)NC(=O)O. The second-order valence-corrected chi connectivity index (χ2v) is 4.76. The van der Waals surface area contributed by atoms with Crippen molar-refractivity contribution in [3.8, 4) is 5.75 Å². The quantitative estimate of drug-likeness (QED) is 0.644. The lowest BCUT2D eigenvalue weighted by atomic mass is 10.1. The van der Waals surface area contributed by atoms with Gasteiger partial charge in [0, 0.05) is 6.42 Å². The second kappa shape index (κ2) is 5.88. The van der Waals surface area contributed by atoms with Crippen molar-refractivity contribution in [2.24, 2.45) is 5.73 Å². The van der Waals surface area contributed by atoms with E-state index in [2.05, 4.69) is 5.32 Å². The van der Waals surface area contributed by atoms with E-state index in [1.54, 1.807) is 18.2 Å². The zero-order valence-corrected chi connectivity index (χ0v) is 11.4. The Bertz CT molecular complexity index is 607. The van der Waals surface area contributed by atoms with Crippen LogP contribution in [0.2, 0.25) is 5.02 Å². The summed E-state index contributed by atoms with van der Waals surface area (Å²) < 4.78 is 5.45. The highest BCUT2D eigenvalue weighted by Crippen LogP contribution is 2.36. The molecular weight excluding hydrogens is 302 g/mol. The number of amides is 3. The van der Waals surface area contributed by atoms with Crippen molar-refractivity contribution in [1.29, 1.82) is 0 Å². The summed E-state index contributed by atoms with van der Waals surface area (Å²) in [5.41, 5.74) is 5.50. The van der Waals surface area contributed by atoms with E-state index >= 15 is 0 Å². The Morgan fingerprint density at radius 2 is 2.24 bits per heavy atom. The van der Waals surface area contributed by atoms with Crippen molar-refractivity contribution >= 4 is 35.2 Å². The largest absolute Gasteiger partial charge is 0.477 e. The van der Waals surface area contributed by atoms with E-state index in [9.17, 15) is 14.4 Å². The lowest BCUT2D eigenvalue weighted by Crippen LogP contribution is -2.49. The number of anilines is 1. The Morgan fingerprint density at radius 1 is 1.52 bits per heavy atom. The summed E-state index contributed by atoms with van der Waals surface area (Å²) in [6.45, 7) is 0. The number of primary amides is 1.